The van der Waals surface area contributed by atoms with E-state index in [-0.39, 0.29) is 0 Å². The van der Waals surface area contributed by atoms with Crippen LogP contribution >= 0.6 is 34.7 Å². The van der Waals surface area contributed by atoms with Crippen molar-refractivity contribution in [2.45, 2.75) is 10.6 Å². The van der Waals surface area contributed by atoms with Gasteiger partial charge in [-0.15, -0.1) is 33.3 Å². The first-order valence-corrected chi connectivity index (χ1v) is 8.01. The summed E-state index contributed by atoms with van der Waals surface area (Å²) in [4.78, 5) is 1.88. The third kappa shape index (κ3) is 2.98. The average Bonchev–Trinajstić information content (AvgIpc) is 3.09. The first-order chi connectivity index (χ1) is 9.72. The van der Waals surface area contributed by atoms with Crippen LogP contribution in [0, 0.1) is 0 Å². The predicted molar refractivity (Wildman–Crippen MR) is 83.0 cm³/mol. The predicted octanol–water partition coefficient (Wildman–Crippen LogP) is 4.33. The minimum absolute atomic E-state index is 0.551. The van der Waals surface area contributed by atoms with Crippen molar-refractivity contribution >= 4 is 40.4 Å². The Labute approximate surface area is 129 Å². The van der Waals surface area contributed by atoms with Crippen LogP contribution in [0.4, 0.5) is 5.69 Å². The van der Waals surface area contributed by atoms with E-state index in [1.165, 1.54) is 11.8 Å². The molecule has 0 atom stereocenters. The molecule has 2 N–H and O–H groups in total. The summed E-state index contributed by atoms with van der Waals surface area (Å²) in [6, 6.07) is 9.28. The number of aromatic nitrogens is 2. The standard InChI is InChI=1S/C13H10ClN3OS2/c14-8-3-4-9(15)11(6-8)20-7-12-16-17-13(18-12)10-2-1-5-19-10/h1-6H,7,15H2. The summed E-state index contributed by atoms with van der Waals surface area (Å²) in [6.45, 7) is 0. The second kappa shape index (κ2) is 5.87. The van der Waals surface area contributed by atoms with Gasteiger partial charge < -0.3 is 10.2 Å². The highest BCUT2D eigenvalue weighted by molar-refractivity contribution is 7.98. The zero-order valence-electron chi connectivity index (χ0n) is 10.2. The molecule has 2 heterocycles. The van der Waals surface area contributed by atoms with Crippen LogP contribution < -0.4 is 5.73 Å². The molecule has 0 aliphatic heterocycles. The Morgan fingerprint density at radius 2 is 2.20 bits per heavy atom. The maximum absolute atomic E-state index is 5.95. The normalized spacial score (nSPS) is 10.8. The van der Waals surface area contributed by atoms with Crippen molar-refractivity contribution in [2.75, 3.05) is 5.73 Å². The fourth-order valence-corrected chi connectivity index (χ4v) is 3.31. The Morgan fingerprint density at radius 3 is 3.00 bits per heavy atom. The molecule has 0 saturated carbocycles. The number of nitrogens with zero attached hydrogens (tertiary/aromatic N) is 2. The zero-order chi connectivity index (χ0) is 13.9. The molecule has 0 fully saturated rings. The quantitative estimate of drug-likeness (QED) is 0.572. The smallest absolute Gasteiger partial charge is 0.257 e. The number of thiophene rings is 1. The van der Waals surface area contributed by atoms with Gasteiger partial charge in [0.1, 0.15) is 0 Å². The first kappa shape index (κ1) is 13.5. The molecular formula is C13H10ClN3OS2. The van der Waals surface area contributed by atoms with E-state index in [1.807, 2.05) is 23.6 Å². The van der Waals surface area contributed by atoms with Gasteiger partial charge in [-0.3, -0.25) is 0 Å². The summed E-state index contributed by atoms with van der Waals surface area (Å²) >= 11 is 9.04. The van der Waals surface area contributed by atoms with Crippen molar-refractivity contribution in [3.63, 3.8) is 0 Å². The molecule has 2 aromatic heterocycles. The number of hydrogen-bond donors (Lipinski definition) is 1. The van der Waals surface area contributed by atoms with Crippen molar-refractivity contribution in [1.82, 2.24) is 10.2 Å². The fourth-order valence-electron chi connectivity index (χ4n) is 1.58. The van der Waals surface area contributed by atoms with Gasteiger partial charge >= 0.3 is 0 Å². The molecule has 3 aromatic rings. The summed E-state index contributed by atoms with van der Waals surface area (Å²) < 4.78 is 5.61. The van der Waals surface area contributed by atoms with E-state index in [9.17, 15) is 0 Å². The number of halogens is 1. The third-order valence-corrected chi connectivity index (χ3v) is 4.67. The molecule has 20 heavy (non-hydrogen) atoms. The molecule has 102 valence electrons. The van der Waals surface area contributed by atoms with E-state index in [4.69, 9.17) is 21.8 Å². The maximum atomic E-state index is 5.95. The number of rotatable bonds is 4. The lowest BCUT2D eigenvalue weighted by Gasteiger charge is -2.03. The number of anilines is 1. The lowest BCUT2D eigenvalue weighted by Crippen LogP contribution is -1.89. The van der Waals surface area contributed by atoms with Gasteiger partial charge in [-0.1, -0.05) is 17.7 Å². The minimum Gasteiger partial charge on any atom is -0.419 e. The third-order valence-electron chi connectivity index (χ3n) is 2.53. The van der Waals surface area contributed by atoms with Crippen molar-refractivity contribution in [3.05, 3.63) is 46.6 Å². The summed E-state index contributed by atoms with van der Waals surface area (Å²) in [6.07, 6.45) is 0. The highest BCUT2D eigenvalue weighted by Gasteiger charge is 2.10. The highest BCUT2D eigenvalue weighted by atomic mass is 35.5. The zero-order valence-corrected chi connectivity index (χ0v) is 12.6. The van der Waals surface area contributed by atoms with E-state index < -0.39 is 0 Å². The Kier molecular flexibility index (Phi) is 3.95. The fraction of sp³-hybridized carbons (Fsp3) is 0.0769. The van der Waals surface area contributed by atoms with Gasteiger partial charge in [0.05, 0.1) is 10.6 Å². The molecule has 0 spiro atoms. The number of hydrogen-bond acceptors (Lipinski definition) is 6. The molecule has 0 aliphatic carbocycles. The molecule has 0 unspecified atom stereocenters. The van der Waals surface area contributed by atoms with E-state index in [0.717, 1.165) is 9.77 Å². The molecule has 0 aliphatic rings. The summed E-state index contributed by atoms with van der Waals surface area (Å²) in [5.41, 5.74) is 6.58. The van der Waals surface area contributed by atoms with Crippen LogP contribution in [0.15, 0.2) is 45.0 Å². The monoisotopic (exact) mass is 323 g/mol. The Hall–Kier alpha value is -1.50. The summed E-state index contributed by atoms with van der Waals surface area (Å²) in [5, 5.41) is 10.7. The van der Waals surface area contributed by atoms with Gasteiger partial charge in [0.25, 0.3) is 5.89 Å². The second-order valence-corrected chi connectivity index (χ2v) is 6.35. The van der Waals surface area contributed by atoms with Crippen molar-refractivity contribution in [3.8, 4) is 10.8 Å². The van der Waals surface area contributed by atoms with E-state index in [0.29, 0.717) is 28.2 Å². The SMILES string of the molecule is Nc1ccc(Cl)cc1SCc1nnc(-c2cccs2)o1. The molecule has 4 nitrogen and oxygen atoms in total. The Morgan fingerprint density at radius 1 is 1.30 bits per heavy atom. The molecule has 7 heteroatoms. The van der Waals surface area contributed by atoms with Crippen LogP contribution in [-0.4, -0.2) is 10.2 Å². The number of nitrogen functional groups attached to an aromatic ring is 1. The van der Waals surface area contributed by atoms with E-state index in [1.54, 1.807) is 23.5 Å². The van der Waals surface area contributed by atoms with E-state index in [2.05, 4.69) is 10.2 Å². The number of nitrogens with two attached hydrogens (primary N) is 1. The van der Waals surface area contributed by atoms with Crippen molar-refractivity contribution in [1.29, 1.82) is 0 Å². The van der Waals surface area contributed by atoms with Gasteiger partial charge in [-0.05, 0) is 29.6 Å². The maximum Gasteiger partial charge on any atom is 0.257 e. The van der Waals surface area contributed by atoms with Crippen LogP contribution in [0.2, 0.25) is 5.02 Å². The number of thioether (sulfide) groups is 1. The average molecular weight is 324 g/mol. The second-order valence-electron chi connectivity index (χ2n) is 3.95. The van der Waals surface area contributed by atoms with Crippen molar-refractivity contribution < 1.29 is 4.42 Å². The summed E-state index contributed by atoms with van der Waals surface area (Å²) in [5.74, 6) is 1.68. The molecule has 3 rings (SSSR count). The molecule has 0 amide bonds. The van der Waals surface area contributed by atoms with Crippen LogP contribution in [0.25, 0.3) is 10.8 Å². The van der Waals surface area contributed by atoms with Crippen LogP contribution in [0.1, 0.15) is 5.89 Å². The van der Waals surface area contributed by atoms with Crippen LogP contribution in [0.3, 0.4) is 0 Å². The highest BCUT2D eigenvalue weighted by Crippen LogP contribution is 2.31. The molecule has 0 saturated heterocycles. The van der Waals surface area contributed by atoms with Gasteiger partial charge in [0, 0.05) is 15.6 Å². The Balaban J connectivity index is 1.71. The topological polar surface area (TPSA) is 64.9 Å². The van der Waals surface area contributed by atoms with Gasteiger partial charge in [0.2, 0.25) is 5.89 Å². The largest absolute Gasteiger partial charge is 0.419 e. The molecular weight excluding hydrogens is 314 g/mol. The first-order valence-electron chi connectivity index (χ1n) is 5.76. The molecule has 0 radical (unpaired) electrons. The van der Waals surface area contributed by atoms with Gasteiger partial charge in [0.15, 0.2) is 0 Å². The lowest BCUT2D eigenvalue weighted by molar-refractivity contribution is 0.529. The van der Waals surface area contributed by atoms with Gasteiger partial charge in [-0.2, -0.15) is 0 Å². The van der Waals surface area contributed by atoms with Crippen molar-refractivity contribution in [2.24, 2.45) is 0 Å². The molecule has 0 bridgehead atoms. The Bertz CT molecular complexity index is 712. The minimum atomic E-state index is 0.551. The van der Waals surface area contributed by atoms with Crippen LogP contribution in [0.5, 0.6) is 0 Å². The van der Waals surface area contributed by atoms with Gasteiger partial charge in [-0.25, -0.2) is 0 Å². The number of benzene rings is 1. The molecule has 1 aromatic carbocycles. The lowest BCUT2D eigenvalue weighted by atomic mass is 10.3. The van der Waals surface area contributed by atoms with E-state index >= 15 is 0 Å². The van der Waals surface area contributed by atoms with Crippen LogP contribution in [-0.2, 0) is 5.75 Å². The summed E-state index contributed by atoms with van der Waals surface area (Å²) in [7, 11) is 0.